The third kappa shape index (κ3) is 2.60. The van der Waals surface area contributed by atoms with E-state index in [9.17, 15) is 5.26 Å². The molecular weight excluding hydrogens is 232 g/mol. The van der Waals surface area contributed by atoms with E-state index in [1.807, 2.05) is 0 Å². The molecule has 88 valence electrons. The van der Waals surface area contributed by atoms with Crippen LogP contribution in [-0.4, -0.2) is 0 Å². The summed E-state index contributed by atoms with van der Waals surface area (Å²) in [6.45, 7) is 6.21. The van der Waals surface area contributed by atoms with E-state index >= 15 is 0 Å². The van der Waals surface area contributed by atoms with Gasteiger partial charge in [0.1, 0.15) is 0 Å². The summed E-state index contributed by atoms with van der Waals surface area (Å²) >= 11 is 6.14. The zero-order valence-electron chi connectivity index (χ0n) is 10.3. The summed E-state index contributed by atoms with van der Waals surface area (Å²) < 4.78 is 0. The van der Waals surface area contributed by atoms with Gasteiger partial charge in [-0.05, 0) is 35.1 Å². The lowest BCUT2D eigenvalue weighted by Gasteiger charge is -2.27. The Labute approximate surface area is 107 Å². The molecule has 0 aliphatic rings. The molecule has 0 spiro atoms. The van der Waals surface area contributed by atoms with E-state index in [1.54, 1.807) is 12.1 Å². The van der Waals surface area contributed by atoms with Crippen LogP contribution in [0.5, 0.6) is 0 Å². The van der Waals surface area contributed by atoms with E-state index in [4.69, 9.17) is 16.9 Å². The Morgan fingerprint density at radius 3 is 2.41 bits per heavy atom. The predicted molar refractivity (Wildman–Crippen MR) is 68.8 cm³/mol. The van der Waals surface area contributed by atoms with Crippen LogP contribution in [0.15, 0.2) is 12.1 Å². The lowest BCUT2D eigenvalue weighted by atomic mass is 9.76. The average Bonchev–Trinajstić information content (AvgIpc) is 2.31. The van der Waals surface area contributed by atoms with Crippen molar-refractivity contribution in [3.63, 3.8) is 0 Å². The summed E-state index contributed by atoms with van der Waals surface area (Å²) in [7, 11) is 0. The number of nitriles is 2. The Hall–Kier alpha value is -1.51. The second-order valence-corrected chi connectivity index (χ2v) is 5.04. The zero-order chi connectivity index (χ0) is 13.1. The Balaban J connectivity index is 3.59. The fourth-order valence-electron chi connectivity index (χ4n) is 1.92. The van der Waals surface area contributed by atoms with Gasteiger partial charge in [0, 0.05) is 5.02 Å². The summed E-state index contributed by atoms with van der Waals surface area (Å²) in [5, 5.41) is 18.6. The van der Waals surface area contributed by atoms with Crippen LogP contribution in [0, 0.1) is 22.7 Å². The monoisotopic (exact) mass is 246 g/mol. The minimum atomic E-state index is -0.151. The highest BCUT2D eigenvalue weighted by atomic mass is 35.5. The van der Waals surface area contributed by atoms with E-state index in [1.165, 1.54) is 0 Å². The zero-order valence-corrected chi connectivity index (χ0v) is 11.1. The molecule has 0 saturated heterocycles. The summed E-state index contributed by atoms with van der Waals surface area (Å²) in [6.07, 6.45) is 1.13. The van der Waals surface area contributed by atoms with Gasteiger partial charge in [0.2, 0.25) is 0 Å². The standard InChI is InChI=1S/C14H15ClN2/c1-4-14(2,3)13-10(9-17)5-6-12(15)11(13)7-8-16/h5-6H,4,7H2,1-3H3. The Morgan fingerprint density at radius 2 is 1.94 bits per heavy atom. The van der Waals surface area contributed by atoms with Gasteiger partial charge in [-0.1, -0.05) is 32.4 Å². The molecule has 0 amide bonds. The van der Waals surface area contributed by atoms with Crippen LogP contribution in [0.4, 0.5) is 0 Å². The molecule has 3 heteroatoms. The van der Waals surface area contributed by atoms with Gasteiger partial charge in [-0.3, -0.25) is 0 Å². The van der Waals surface area contributed by atoms with Gasteiger partial charge < -0.3 is 0 Å². The maximum absolute atomic E-state index is 9.18. The van der Waals surface area contributed by atoms with Crippen LogP contribution in [0.2, 0.25) is 5.02 Å². The molecule has 2 nitrogen and oxygen atoms in total. The van der Waals surface area contributed by atoms with Gasteiger partial charge in [-0.2, -0.15) is 10.5 Å². The van der Waals surface area contributed by atoms with Gasteiger partial charge in [0.25, 0.3) is 0 Å². The molecule has 0 aliphatic carbocycles. The van der Waals surface area contributed by atoms with Crippen molar-refractivity contribution in [1.29, 1.82) is 10.5 Å². The van der Waals surface area contributed by atoms with Gasteiger partial charge >= 0.3 is 0 Å². The van der Waals surface area contributed by atoms with E-state index in [0.717, 1.165) is 17.5 Å². The number of benzene rings is 1. The van der Waals surface area contributed by atoms with Crippen molar-refractivity contribution < 1.29 is 0 Å². The van der Waals surface area contributed by atoms with Gasteiger partial charge in [0.15, 0.2) is 0 Å². The molecule has 0 atom stereocenters. The molecule has 0 radical (unpaired) electrons. The van der Waals surface area contributed by atoms with Crippen LogP contribution < -0.4 is 0 Å². The fraction of sp³-hybridized carbons (Fsp3) is 0.429. The summed E-state index contributed by atoms with van der Waals surface area (Å²) in [6, 6.07) is 7.74. The van der Waals surface area contributed by atoms with Crippen LogP contribution in [0.1, 0.15) is 43.9 Å². The van der Waals surface area contributed by atoms with Gasteiger partial charge in [0.05, 0.1) is 24.1 Å². The molecule has 17 heavy (non-hydrogen) atoms. The van der Waals surface area contributed by atoms with Crippen LogP contribution in [0.25, 0.3) is 0 Å². The van der Waals surface area contributed by atoms with Crippen molar-refractivity contribution in [2.45, 2.75) is 39.0 Å². The maximum atomic E-state index is 9.18. The molecular formula is C14H15ClN2. The first-order valence-electron chi connectivity index (χ1n) is 5.56. The highest BCUT2D eigenvalue weighted by molar-refractivity contribution is 6.31. The second-order valence-electron chi connectivity index (χ2n) is 4.63. The van der Waals surface area contributed by atoms with E-state index in [0.29, 0.717) is 10.6 Å². The number of hydrogen-bond acceptors (Lipinski definition) is 2. The molecule has 0 bridgehead atoms. The van der Waals surface area contributed by atoms with Gasteiger partial charge in [-0.15, -0.1) is 0 Å². The molecule has 0 unspecified atom stereocenters. The first kappa shape index (κ1) is 13.6. The normalized spacial score (nSPS) is 10.7. The van der Waals surface area contributed by atoms with Gasteiger partial charge in [-0.25, -0.2) is 0 Å². The Bertz CT molecular complexity index is 504. The molecule has 1 aromatic carbocycles. The average molecular weight is 247 g/mol. The third-order valence-electron chi connectivity index (χ3n) is 3.19. The fourth-order valence-corrected chi connectivity index (χ4v) is 2.14. The number of hydrogen-bond donors (Lipinski definition) is 0. The summed E-state index contributed by atoms with van der Waals surface area (Å²) in [5.74, 6) is 0. The van der Waals surface area contributed by atoms with E-state index in [-0.39, 0.29) is 11.8 Å². The maximum Gasteiger partial charge on any atom is 0.0994 e. The Morgan fingerprint density at radius 1 is 1.29 bits per heavy atom. The van der Waals surface area contributed by atoms with Crippen molar-refractivity contribution in [2.24, 2.45) is 0 Å². The molecule has 0 aromatic heterocycles. The minimum absolute atomic E-state index is 0.151. The van der Waals surface area contributed by atoms with Crippen molar-refractivity contribution >= 4 is 11.6 Å². The summed E-state index contributed by atoms with van der Waals surface area (Å²) in [5.41, 5.74) is 2.17. The predicted octanol–water partition coefficient (Wildman–Crippen LogP) is 3.97. The first-order valence-corrected chi connectivity index (χ1v) is 5.94. The summed E-state index contributed by atoms with van der Waals surface area (Å²) in [4.78, 5) is 0. The highest BCUT2D eigenvalue weighted by Crippen LogP contribution is 2.35. The van der Waals surface area contributed by atoms with Crippen LogP contribution in [-0.2, 0) is 11.8 Å². The van der Waals surface area contributed by atoms with Crippen molar-refractivity contribution in [2.75, 3.05) is 0 Å². The number of rotatable bonds is 3. The molecule has 1 aromatic rings. The highest BCUT2D eigenvalue weighted by Gasteiger charge is 2.26. The van der Waals surface area contributed by atoms with Crippen molar-refractivity contribution in [3.05, 3.63) is 33.8 Å². The second kappa shape index (κ2) is 5.21. The van der Waals surface area contributed by atoms with E-state index < -0.39 is 0 Å². The third-order valence-corrected chi connectivity index (χ3v) is 3.55. The van der Waals surface area contributed by atoms with Crippen LogP contribution >= 0.6 is 11.6 Å². The van der Waals surface area contributed by atoms with Crippen molar-refractivity contribution in [3.8, 4) is 12.1 Å². The lowest BCUT2D eigenvalue weighted by Crippen LogP contribution is -2.20. The first-order chi connectivity index (χ1) is 7.97. The topological polar surface area (TPSA) is 47.6 Å². The number of halogens is 1. The molecule has 0 N–H and O–H groups in total. The molecule has 0 fully saturated rings. The minimum Gasteiger partial charge on any atom is -0.198 e. The number of nitrogens with zero attached hydrogens (tertiary/aromatic N) is 2. The quantitative estimate of drug-likeness (QED) is 0.810. The van der Waals surface area contributed by atoms with Crippen molar-refractivity contribution in [1.82, 2.24) is 0 Å². The van der Waals surface area contributed by atoms with Crippen LogP contribution in [0.3, 0.4) is 0 Å². The van der Waals surface area contributed by atoms with E-state index in [2.05, 4.69) is 32.9 Å². The molecule has 0 heterocycles. The molecule has 0 aliphatic heterocycles. The molecule has 0 saturated carbocycles. The smallest absolute Gasteiger partial charge is 0.0994 e. The largest absolute Gasteiger partial charge is 0.198 e. The lowest BCUT2D eigenvalue weighted by molar-refractivity contribution is 0.501. The Kier molecular flexibility index (Phi) is 4.16. The SMILES string of the molecule is CCC(C)(C)c1c(C#N)ccc(Cl)c1CC#N. The molecule has 1 rings (SSSR count).